The molecule has 0 fully saturated rings. The molecule has 0 aliphatic carbocycles. The van der Waals surface area contributed by atoms with Crippen LogP contribution in [0, 0.1) is 0 Å². The number of rotatable bonds is 6. The fourth-order valence-corrected chi connectivity index (χ4v) is 4.77. The fraction of sp³-hybridized carbons (Fsp3) is 0.250. The summed E-state index contributed by atoms with van der Waals surface area (Å²) in [5.74, 6) is 1.22. The van der Waals surface area contributed by atoms with Crippen LogP contribution in [-0.2, 0) is 16.4 Å². The van der Waals surface area contributed by atoms with Crippen molar-refractivity contribution in [3.05, 3.63) is 72.3 Å². The lowest BCUT2D eigenvalue weighted by molar-refractivity contribution is 0.164. The van der Waals surface area contributed by atoms with Gasteiger partial charge in [-0.25, -0.2) is 8.42 Å². The van der Waals surface area contributed by atoms with E-state index in [0.717, 1.165) is 16.7 Å². The Balaban J connectivity index is 1.62. The minimum atomic E-state index is -3.78. The highest BCUT2D eigenvalue weighted by Gasteiger charge is 2.28. The van der Waals surface area contributed by atoms with Crippen molar-refractivity contribution >= 4 is 15.7 Å². The van der Waals surface area contributed by atoms with Crippen LogP contribution in [0.4, 0.5) is 5.69 Å². The van der Waals surface area contributed by atoms with Crippen molar-refractivity contribution in [3.8, 4) is 22.6 Å². The minimum absolute atomic E-state index is 0.193. The summed E-state index contributed by atoms with van der Waals surface area (Å²) < 4.78 is 40.3. The Morgan fingerprint density at radius 3 is 2.29 bits per heavy atom. The maximum Gasteiger partial charge on any atom is 0.262 e. The molecular formula is C24H26N2O4S. The first-order valence-electron chi connectivity index (χ1n) is 10.1. The van der Waals surface area contributed by atoms with Gasteiger partial charge in [0.15, 0.2) is 0 Å². The highest BCUT2D eigenvalue weighted by atomic mass is 32.2. The molecule has 31 heavy (non-hydrogen) atoms. The Labute approximate surface area is 183 Å². The first-order valence-corrected chi connectivity index (χ1v) is 11.5. The van der Waals surface area contributed by atoms with E-state index in [4.69, 9.17) is 9.47 Å². The number of hydrogen-bond acceptors (Lipinski definition) is 5. The first-order chi connectivity index (χ1) is 14.9. The summed E-state index contributed by atoms with van der Waals surface area (Å²) in [6, 6.07) is 20.3. The van der Waals surface area contributed by atoms with E-state index in [1.54, 1.807) is 31.4 Å². The Morgan fingerprint density at radius 1 is 0.968 bits per heavy atom. The summed E-state index contributed by atoms with van der Waals surface area (Å²) in [4.78, 5) is 2.28. The fourth-order valence-electron chi connectivity index (χ4n) is 3.71. The van der Waals surface area contributed by atoms with Crippen LogP contribution in [0.1, 0.15) is 5.56 Å². The highest BCUT2D eigenvalue weighted by Crippen LogP contribution is 2.40. The predicted molar refractivity (Wildman–Crippen MR) is 122 cm³/mol. The number of sulfonamides is 1. The smallest absolute Gasteiger partial charge is 0.262 e. The van der Waals surface area contributed by atoms with Crippen molar-refractivity contribution in [3.63, 3.8) is 0 Å². The molecule has 0 spiro atoms. The normalized spacial score (nSPS) is 15.8. The Kier molecular flexibility index (Phi) is 5.89. The largest absolute Gasteiger partial charge is 0.496 e. The number of fused-ring (bicyclic) bond motifs is 1. The lowest BCUT2D eigenvalue weighted by Gasteiger charge is -2.32. The second-order valence-electron chi connectivity index (χ2n) is 7.75. The van der Waals surface area contributed by atoms with Gasteiger partial charge in [-0.15, -0.1) is 0 Å². The molecule has 162 valence electrons. The Morgan fingerprint density at radius 2 is 1.65 bits per heavy atom. The van der Waals surface area contributed by atoms with Gasteiger partial charge < -0.3 is 14.4 Å². The van der Waals surface area contributed by atoms with E-state index in [1.165, 1.54) is 0 Å². The van der Waals surface area contributed by atoms with E-state index in [-0.39, 0.29) is 10.9 Å². The lowest BCUT2D eigenvalue weighted by atomic mass is 10.00. The third-order valence-corrected chi connectivity index (χ3v) is 6.93. The van der Waals surface area contributed by atoms with Crippen molar-refractivity contribution in [1.29, 1.82) is 0 Å². The SMILES string of the molecule is COc1ccc(NS(=O)(=O)c2ccc(-c3ccccc3)cc2)c2c1C[C@@H](N(C)C)CO2. The first kappa shape index (κ1) is 21.2. The third-order valence-electron chi connectivity index (χ3n) is 5.54. The minimum Gasteiger partial charge on any atom is -0.496 e. The number of benzene rings is 3. The van der Waals surface area contributed by atoms with Crippen LogP contribution < -0.4 is 14.2 Å². The van der Waals surface area contributed by atoms with Gasteiger partial charge in [0.1, 0.15) is 18.1 Å². The molecule has 1 heterocycles. The van der Waals surface area contributed by atoms with E-state index >= 15 is 0 Å². The van der Waals surface area contributed by atoms with E-state index < -0.39 is 10.0 Å². The van der Waals surface area contributed by atoms with E-state index in [9.17, 15) is 8.42 Å². The van der Waals surface area contributed by atoms with Crippen molar-refractivity contribution < 1.29 is 17.9 Å². The molecule has 1 atom stereocenters. The summed E-state index contributed by atoms with van der Waals surface area (Å²) >= 11 is 0. The highest BCUT2D eigenvalue weighted by molar-refractivity contribution is 7.92. The number of likely N-dealkylation sites (N-methyl/N-ethyl adjacent to an activating group) is 1. The van der Waals surface area contributed by atoms with Gasteiger partial charge in [0.2, 0.25) is 0 Å². The Hall–Kier alpha value is -3.03. The zero-order valence-corrected chi connectivity index (χ0v) is 18.6. The summed E-state index contributed by atoms with van der Waals surface area (Å²) in [6.07, 6.45) is 0.715. The molecule has 0 radical (unpaired) electrons. The van der Waals surface area contributed by atoms with Crippen LogP contribution in [0.25, 0.3) is 11.1 Å². The summed E-state index contributed by atoms with van der Waals surface area (Å²) in [6.45, 7) is 0.480. The van der Waals surface area contributed by atoms with Gasteiger partial charge >= 0.3 is 0 Å². The number of hydrogen-bond donors (Lipinski definition) is 1. The molecule has 1 N–H and O–H groups in total. The maximum absolute atomic E-state index is 13.1. The number of methoxy groups -OCH3 is 1. The molecule has 0 bridgehead atoms. The monoisotopic (exact) mass is 438 g/mol. The molecule has 3 aromatic rings. The van der Waals surface area contributed by atoms with Gasteiger partial charge in [0.05, 0.1) is 17.7 Å². The third kappa shape index (κ3) is 4.38. The van der Waals surface area contributed by atoms with Gasteiger partial charge in [-0.3, -0.25) is 4.72 Å². The predicted octanol–water partition coefficient (Wildman–Crippen LogP) is 4.03. The molecule has 1 aliphatic heterocycles. The van der Waals surface area contributed by atoms with Gasteiger partial charge in [-0.2, -0.15) is 0 Å². The van der Waals surface area contributed by atoms with Crippen molar-refractivity contribution in [2.45, 2.75) is 17.4 Å². The van der Waals surface area contributed by atoms with Crippen LogP contribution in [0.2, 0.25) is 0 Å². The summed E-state index contributed by atoms with van der Waals surface area (Å²) in [5, 5.41) is 0. The number of nitrogens with zero attached hydrogens (tertiary/aromatic N) is 1. The Bertz CT molecular complexity index is 1160. The zero-order valence-electron chi connectivity index (χ0n) is 17.8. The maximum atomic E-state index is 13.1. The number of ether oxygens (including phenoxy) is 2. The standard InChI is InChI=1S/C24H26N2O4S/c1-26(2)19-15-21-23(29-3)14-13-22(24(21)30-16-19)25-31(27,28)20-11-9-18(10-12-20)17-7-5-4-6-8-17/h4-14,19,25H,15-16H2,1-3H3/t19-/m1/s1. The average Bonchev–Trinajstić information content (AvgIpc) is 2.79. The molecule has 0 saturated carbocycles. The second kappa shape index (κ2) is 8.61. The summed E-state index contributed by atoms with van der Waals surface area (Å²) in [5.41, 5.74) is 3.28. The van der Waals surface area contributed by atoms with Crippen LogP contribution >= 0.6 is 0 Å². The molecule has 7 heteroatoms. The topological polar surface area (TPSA) is 67.9 Å². The van der Waals surface area contributed by atoms with E-state index in [0.29, 0.717) is 30.2 Å². The molecule has 0 saturated heterocycles. The average molecular weight is 439 g/mol. The van der Waals surface area contributed by atoms with Gasteiger partial charge in [0.25, 0.3) is 10.0 Å². The van der Waals surface area contributed by atoms with Crippen LogP contribution in [0.5, 0.6) is 11.5 Å². The zero-order chi connectivity index (χ0) is 22.0. The van der Waals surface area contributed by atoms with Gasteiger partial charge in [0, 0.05) is 11.6 Å². The molecule has 0 aromatic heterocycles. The second-order valence-corrected chi connectivity index (χ2v) is 9.43. The molecule has 1 aliphatic rings. The van der Waals surface area contributed by atoms with Crippen molar-refractivity contribution in [2.75, 3.05) is 32.5 Å². The van der Waals surface area contributed by atoms with E-state index in [2.05, 4.69) is 9.62 Å². The van der Waals surface area contributed by atoms with Crippen LogP contribution in [0.3, 0.4) is 0 Å². The number of anilines is 1. The molecular weight excluding hydrogens is 412 g/mol. The van der Waals surface area contributed by atoms with Crippen molar-refractivity contribution in [1.82, 2.24) is 4.90 Å². The molecule has 0 unspecified atom stereocenters. The summed E-state index contributed by atoms with van der Waals surface area (Å²) in [7, 11) is 1.82. The quantitative estimate of drug-likeness (QED) is 0.629. The molecule has 0 amide bonds. The van der Waals surface area contributed by atoms with Crippen molar-refractivity contribution in [2.24, 2.45) is 0 Å². The lowest BCUT2D eigenvalue weighted by Crippen LogP contribution is -2.38. The van der Waals surface area contributed by atoms with Gasteiger partial charge in [-0.1, -0.05) is 42.5 Å². The van der Waals surface area contributed by atoms with Crippen LogP contribution in [0.15, 0.2) is 71.6 Å². The molecule has 6 nitrogen and oxygen atoms in total. The van der Waals surface area contributed by atoms with Crippen LogP contribution in [-0.4, -0.2) is 47.2 Å². The molecule has 4 rings (SSSR count). The van der Waals surface area contributed by atoms with Gasteiger partial charge in [-0.05, 0) is 55.9 Å². The molecule has 3 aromatic carbocycles. The van der Waals surface area contributed by atoms with E-state index in [1.807, 2.05) is 56.6 Å². The number of nitrogens with one attached hydrogen (secondary N) is 1.